The Balaban J connectivity index is 2.37. The minimum Gasteiger partial charge on any atom is -0.254 e. The molecule has 0 aromatic carbocycles. The van der Waals surface area contributed by atoms with Crippen molar-refractivity contribution in [3.63, 3.8) is 0 Å². The monoisotopic (exact) mass is 246 g/mol. The Morgan fingerprint density at radius 1 is 1.44 bits per heavy atom. The minimum atomic E-state index is 0.537. The van der Waals surface area contributed by atoms with Gasteiger partial charge in [0, 0.05) is 6.20 Å². The molecule has 2 aromatic heterocycles. The van der Waals surface area contributed by atoms with Crippen LogP contribution in [0, 0.1) is 11.3 Å². The Morgan fingerprint density at radius 2 is 2.31 bits per heavy atom. The Kier molecular flexibility index (Phi) is 3.35. The van der Waals surface area contributed by atoms with Crippen LogP contribution in [0.5, 0.6) is 0 Å². The first-order valence-corrected chi connectivity index (χ1v) is 5.87. The van der Waals surface area contributed by atoms with Crippen LogP contribution in [0.4, 0.5) is 0 Å². The number of halogens is 1. The first-order valence-electron chi connectivity index (χ1n) is 4.55. The summed E-state index contributed by atoms with van der Waals surface area (Å²) < 4.78 is 0. The molecule has 2 nitrogen and oxygen atoms in total. The summed E-state index contributed by atoms with van der Waals surface area (Å²) in [6, 6.07) is 7.56. The number of hydrogen-bond acceptors (Lipinski definition) is 3. The van der Waals surface area contributed by atoms with E-state index in [2.05, 4.69) is 11.1 Å². The summed E-state index contributed by atoms with van der Waals surface area (Å²) in [4.78, 5) is 4.11. The van der Waals surface area contributed by atoms with Crippen molar-refractivity contribution in [3.05, 3.63) is 51.4 Å². The van der Waals surface area contributed by atoms with E-state index in [0.29, 0.717) is 16.3 Å². The summed E-state index contributed by atoms with van der Waals surface area (Å²) in [7, 11) is 0. The fourth-order valence-corrected chi connectivity index (χ4v) is 1.95. The molecule has 0 radical (unpaired) electrons. The maximum absolute atomic E-state index is 9.06. The summed E-state index contributed by atoms with van der Waals surface area (Å²) in [5.41, 5.74) is 2.19. The van der Waals surface area contributed by atoms with Gasteiger partial charge in [0.05, 0.1) is 16.3 Å². The normalized spacial score (nSPS) is 11.1. The number of nitriles is 1. The molecule has 0 spiro atoms. The van der Waals surface area contributed by atoms with Gasteiger partial charge in [-0.15, -0.1) is 0 Å². The molecule has 0 aliphatic heterocycles. The van der Waals surface area contributed by atoms with E-state index in [1.54, 1.807) is 23.5 Å². The zero-order valence-corrected chi connectivity index (χ0v) is 9.79. The average Bonchev–Trinajstić information content (AvgIpc) is 2.80. The van der Waals surface area contributed by atoms with Crippen molar-refractivity contribution >= 4 is 34.6 Å². The maximum atomic E-state index is 9.06. The van der Waals surface area contributed by atoms with Crippen LogP contribution >= 0.6 is 22.9 Å². The fraction of sp³-hybridized carbons (Fsp3) is 0. The molecule has 2 heterocycles. The Bertz CT molecular complexity index is 535. The highest BCUT2D eigenvalue weighted by Gasteiger charge is 2.02. The molecule has 0 atom stereocenters. The van der Waals surface area contributed by atoms with Crippen LogP contribution in [-0.4, -0.2) is 4.98 Å². The van der Waals surface area contributed by atoms with E-state index >= 15 is 0 Å². The van der Waals surface area contributed by atoms with Gasteiger partial charge in [-0.25, -0.2) is 0 Å². The topological polar surface area (TPSA) is 36.7 Å². The van der Waals surface area contributed by atoms with Gasteiger partial charge in [0.2, 0.25) is 0 Å². The van der Waals surface area contributed by atoms with E-state index in [9.17, 15) is 0 Å². The number of pyridine rings is 1. The molecule has 0 bridgehead atoms. The van der Waals surface area contributed by atoms with Crippen LogP contribution in [0.2, 0.25) is 5.02 Å². The van der Waals surface area contributed by atoms with Gasteiger partial charge in [-0.3, -0.25) is 4.98 Å². The smallest absolute Gasteiger partial charge is 0.101 e. The van der Waals surface area contributed by atoms with Gasteiger partial charge in [-0.05, 0) is 40.6 Å². The second-order valence-corrected chi connectivity index (χ2v) is 4.30. The van der Waals surface area contributed by atoms with E-state index in [1.165, 1.54) is 6.20 Å². The highest BCUT2D eigenvalue weighted by atomic mass is 35.5. The minimum absolute atomic E-state index is 0.537. The van der Waals surface area contributed by atoms with Crippen molar-refractivity contribution in [1.29, 1.82) is 5.26 Å². The molecule has 0 aliphatic carbocycles. The lowest BCUT2D eigenvalue weighted by Crippen LogP contribution is -1.85. The lowest BCUT2D eigenvalue weighted by atomic mass is 10.1. The van der Waals surface area contributed by atoms with Crippen LogP contribution < -0.4 is 0 Å². The second-order valence-electron chi connectivity index (χ2n) is 3.09. The van der Waals surface area contributed by atoms with Crippen LogP contribution in [0.3, 0.4) is 0 Å². The lowest BCUT2D eigenvalue weighted by Gasteiger charge is -1.97. The van der Waals surface area contributed by atoms with Gasteiger partial charge in [0.25, 0.3) is 0 Å². The molecule has 0 saturated carbocycles. The SMILES string of the molecule is N#C/C(=C\c1ccsc1)c1ccc(Cl)cn1. The predicted octanol–water partition coefficient (Wildman–Crippen LogP) is 3.86. The summed E-state index contributed by atoms with van der Waals surface area (Å²) >= 11 is 7.33. The summed E-state index contributed by atoms with van der Waals surface area (Å²) in [6.45, 7) is 0. The van der Waals surface area contributed by atoms with E-state index in [4.69, 9.17) is 16.9 Å². The zero-order valence-electron chi connectivity index (χ0n) is 8.22. The largest absolute Gasteiger partial charge is 0.254 e. The van der Waals surface area contributed by atoms with Crippen molar-refractivity contribution in [2.45, 2.75) is 0 Å². The Morgan fingerprint density at radius 3 is 2.88 bits per heavy atom. The molecular formula is C12H7ClN2S. The second kappa shape index (κ2) is 4.93. The summed E-state index contributed by atoms with van der Waals surface area (Å²) in [6.07, 6.45) is 3.35. The van der Waals surface area contributed by atoms with Gasteiger partial charge in [-0.2, -0.15) is 16.6 Å². The van der Waals surface area contributed by atoms with E-state index in [1.807, 2.05) is 22.9 Å². The van der Waals surface area contributed by atoms with Crippen molar-refractivity contribution in [2.24, 2.45) is 0 Å². The number of thiophene rings is 1. The number of allylic oxidation sites excluding steroid dienone is 1. The van der Waals surface area contributed by atoms with Gasteiger partial charge in [0.1, 0.15) is 6.07 Å². The first kappa shape index (κ1) is 10.9. The zero-order chi connectivity index (χ0) is 11.4. The molecule has 0 N–H and O–H groups in total. The molecule has 78 valence electrons. The van der Waals surface area contributed by atoms with E-state index in [-0.39, 0.29) is 0 Å². The van der Waals surface area contributed by atoms with Gasteiger partial charge in [-0.1, -0.05) is 11.6 Å². The van der Waals surface area contributed by atoms with Crippen LogP contribution in [0.25, 0.3) is 11.6 Å². The van der Waals surface area contributed by atoms with E-state index < -0.39 is 0 Å². The molecule has 4 heteroatoms. The molecule has 0 aliphatic rings. The number of hydrogen-bond donors (Lipinski definition) is 0. The molecule has 2 rings (SSSR count). The van der Waals surface area contributed by atoms with Gasteiger partial charge >= 0.3 is 0 Å². The third-order valence-electron chi connectivity index (χ3n) is 1.98. The number of rotatable bonds is 2. The van der Waals surface area contributed by atoms with Crippen LogP contribution in [0.1, 0.15) is 11.3 Å². The molecule has 0 saturated heterocycles. The number of nitrogens with zero attached hydrogens (tertiary/aromatic N) is 2. The summed E-state index contributed by atoms with van der Waals surface area (Å²) in [5, 5.41) is 13.6. The third kappa shape index (κ3) is 2.48. The van der Waals surface area contributed by atoms with Crippen LogP contribution in [0.15, 0.2) is 35.2 Å². The Hall–Kier alpha value is -1.63. The van der Waals surface area contributed by atoms with Crippen molar-refractivity contribution < 1.29 is 0 Å². The molecule has 0 fully saturated rings. The molecule has 0 amide bonds. The summed E-state index contributed by atoms with van der Waals surface area (Å²) in [5.74, 6) is 0. The van der Waals surface area contributed by atoms with Crippen molar-refractivity contribution in [3.8, 4) is 6.07 Å². The molecule has 16 heavy (non-hydrogen) atoms. The van der Waals surface area contributed by atoms with Crippen molar-refractivity contribution in [2.75, 3.05) is 0 Å². The fourth-order valence-electron chi connectivity index (χ4n) is 1.22. The lowest BCUT2D eigenvalue weighted by molar-refractivity contribution is 1.28. The van der Waals surface area contributed by atoms with Gasteiger partial charge < -0.3 is 0 Å². The molecule has 0 unspecified atom stereocenters. The first-order chi connectivity index (χ1) is 7.79. The van der Waals surface area contributed by atoms with E-state index in [0.717, 1.165) is 5.56 Å². The van der Waals surface area contributed by atoms with Crippen LogP contribution in [-0.2, 0) is 0 Å². The average molecular weight is 247 g/mol. The standard InChI is InChI=1S/C12H7ClN2S/c13-11-1-2-12(15-7-11)10(6-14)5-9-3-4-16-8-9/h1-5,7-8H/b10-5+. The van der Waals surface area contributed by atoms with Crippen molar-refractivity contribution in [1.82, 2.24) is 4.98 Å². The highest BCUT2D eigenvalue weighted by molar-refractivity contribution is 7.08. The quantitative estimate of drug-likeness (QED) is 0.755. The predicted molar refractivity (Wildman–Crippen MR) is 67.1 cm³/mol. The maximum Gasteiger partial charge on any atom is 0.101 e. The third-order valence-corrected chi connectivity index (χ3v) is 2.90. The molecule has 2 aromatic rings. The Labute approximate surface area is 102 Å². The molecular weight excluding hydrogens is 240 g/mol. The number of aromatic nitrogens is 1. The highest BCUT2D eigenvalue weighted by Crippen LogP contribution is 2.18. The van der Waals surface area contributed by atoms with Gasteiger partial charge in [0.15, 0.2) is 0 Å².